The van der Waals surface area contributed by atoms with Crippen molar-refractivity contribution in [3.8, 4) is 5.82 Å². The van der Waals surface area contributed by atoms with Crippen molar-refractivity contribution >= 4 is 10.0 Å². The van der Waals surface area contributed by atoms with Crippen LogP contribution in [0.15, 0.2) is 35.6 Å². The van der Waals surface area contributed by atoms with Crippen molar-refractivity contribution in [3.05, 3.63) is 36.3 Å². The number of aromatic nitrogens is 3. The van der Waals surface area contributed by atoms with Crippen molar-refractivity contribution in [3.63, 3.8) is 0 Å². The van der Waals surface area contributed by atoms with Crippen LogP contribution >= 0.6 is 0 Å². The van der Waals surface area contributed by atoms with Crippen molar-refractivity contribution in [2.45, 2.75) is 36.2 Å². The number of hydrogen-bond acceptors (Lipinski definition) is 5. The van der Waals surface area contributed by atoms with Crippen molar-refractivity contribution in [1.82, 2.24) is 14.8 Å². The molecule has 2 aromatic heterocycles. The minimum atomic E-state index is -3.77. The predicted molar refractivity (Wildman–Crippen MR) is 82.3 cm³/mol. The van der Waals surface area contributed by atoms with Gasteiger partial charge in [0.1, 0.15) is 4.90 Å². The first-order chi connectivity index (χ1) is 10.9. The Morgan fingerprint density at radius 3 is 2.65 bits per heavy atom. The second kappa shape index (κ2) is 4.62. The van der Waals surface area contributed by atoms with E-state index in [1.807, 2.05) is 12.1 Å². The van der Waals surface area contributed by atoms with Crippen molar-refractivity contribution in [2.24, 2.45) is 10.6 Å². The maximum absolute atomic E-state index is 11.4. The van der Waals surface area contributed by atoms with Crippen LogP contribution < -0.4 is 5.14 Å². The molecule has 0 saturated heterocycles. The van der Waals surface area contributed by atoms with Crippen LogP contribution in [0.4, 0.5) is 0 Å². The first-order valence-electron chi connectivity index (χ1n) is 7.46. The van der Waals surface area contributed by atoms with Crippen LogP contribution in [0.5, 0.6) is 0 Å². The number of nitrogens with two attached hydrogens (primary N) is 1. The van der Waals surface area contributed by atoms with E-state index in [2.05, 4.69) is 10.1 Å². The molecule has 0 amide bonds. The summed E-state index contributed by atoms with van der Waals surface area (Å²) in [6.07, 6.45) is 8.91. The van der Waals surface area contributed by atoms with E-state index in [9.17, 15) is 8.42 Å². The van der Waals surface area contributed by atoms with Crippen LogP contribution in [0.3, 0.4) is 0 Å². The standard InChI is InChI=1S/C15H18N4O3S/c1-22-15(9-14(10-15)3-4-14)11-2-5-17-13(6-11)19-8-12(7-18-19)23(16,20)21/h2,5-8H,3-4,9-10H2,1H3,(H2,16,20,21). The molecular formula is C15H18N4O3S. The zero-order valence-electron chi connectivity index (χ0n) is 12.8. The lowest BCUT2D eigenvalue weighted by atomic mass is 9.65. The Balaban J connectivity index is 1.68. The number of nitrogens with zero attached hydrogens (tertiary/aromatic N) is 3. The van der Waals surface area contributed by atoms with E-state index >= 15 is 0 Å². The van der Waals surface area contributed by atoms with E-state index < -0.39 is 10.0 Å². The van der Waals surface area contributed by atoms with E-state index in [1.54, 1.807) is 13.3 Å². The Morgan fingerprint density at radius 2 is 2.09 bits per heavy atom. The van der Waals surface area contributed by atoms with Gasteiger partial charge in [-0.2, -0.15) is 5.10 Å². The third-order valence-electron chi connectivity index (χ3n) is 5.06. The van der Waals surface area contributed by atoms with Crippen LogP contribution in [-0.2, 0) is 20.4 Å². The fourth-order valence-corrected chi connectivity index (χ4v) is 4.00. The average molecular weight is 334 g/mol. The summed E-state index contributed by atoms with van der Waals surface area (Å²) in [5, 5.41) is 9.16. The minimum Gasteiger partial charge on any atom is -0.373 e. The molecule has 0 atom stereocenters. The molecule has 0 aliphatic heterocycles. The second-order valence-corrected chi connectivity index (χ2v) is 8.18. The van der Waals surface area contributed by atoms with Crippen LogP contribution in [0.2, 0.25) is 0 Å². The number of primary sulfonamides is 1. The molecule has 4 rings (SSSR count). The molecule has 8 heteroatoms. The van der Waals surface area contributed by atoms with Gasteiger partial charge in [-0.1, -0.05) is 0 Å². The SMILES string of the molecule is COC1(c2ccnc(-n3cc(S(N)(=O)=O)cn3)c2)CC2(CC2)C1. The summed E-state index contributed by atoms with van der Waals surface area (Å²) in [6.45, 7) is 0. The molecule has 2 aliphatic carbocycles. The fraction of sp³-hybridized carbons (Fsp3) is 0.467. The summed E-state index contributed by atoms with van der Waals surface area (Å²) >= 11 is 0. The molecule has 0 aromatic carbocycles. The molecule has 2 N–H and O–H groups in total. The third-order valence-corrected chi connectivity index (χ3v) is 5.93. The van der Waals surface area contributed by atoms with Gasteiger partial charge in [0.25, 0.3) is 0 Å². The van der Waals surface area contributed by atoms with E-state index in [-0.39, 0.29) is 10.5 Å². The Hall–Kier alpha value is -1.77. The molecule has 2 saturated carbocycles. The van der Waals surface area contributed by atoms with Gasteiger partial charge in [0.05, 0.1) is 18.0 Å². The van der Waals surface area contributed by atoms with Gasteiger partial charge in [-0.25, -0.2) is 23.2 Å². The zero-order valence-corrected chi connectivity index (χ0v) is 13.6. The van der Waals surface area contributed by atoms with Crippen LogP contribution in [0, 0.1) is 5.41 Å². The highest BCUT2D eigenvalue weighted by atomic mass is 32.2. The van der Waals surface area contributed by atoms with Crippen molar-refractivity contribution in [1.29, 1.82) is 0 Å². The molecule has 0 unspecified atom stereocenters. The van der Waals surface area contributed by atoms with Gasteiger partial charge in [0.15, 0.2) is 5.82 Å². The minimum absolute atomic E-state index is 0.0354. The normalized spacial score (nSPS) is 21.1. The van der Waals surface area contributed by atoms with Crippen molar-refractivity contribution in [2.75, 3.05) is 7.11 Å². The third kappa shape index (κ3) is 2.37. The Bertz CT molecular complexity index is 862. The summed E-state index contributed by atoms with van der Waals surface area (Å²) in [5.74, 6) is 0.547. The topological polar surface area (TPSA) is 100 Å². The molecule has 2 aliphatic rings. The summed E-state index contributed by atoms with van der Waals surface area (Å²) < 4.78 is 30.0. The van der Waals surface area contributed by atoms with E-state index in [4.69, 9.17) is 9.88 Å². The van der Waals surface area contributed by atoms with Gasteiger partial charge < -0.3 is 4.74 Å². The van der Waals surface area contributed by atoms with E-state index in [1.165, 1.54) is 29.9 Å². The number of methoxy groups -OCH3 is 1. The van der Waals surface area contributed by atoms with Gasteiger partial charge in [-0.15, -0.1) is 0 Å². The summed E-state index contributed by atoms with van der Waals surface area (Å²) in [5.41, 5.74) is 1.28. The molecule has 2 aromatic rings. The molecule has 122 valence electrons. The summed E-state index contributed by atoms with van der Waals surface area (Å²) in [6, 6.07) is 3.85. The molecular weight excluding hydrogens is 316 g/mol. The Labute approximate surface area is 134 Å². The number of rotatable bonds is 4. The van der Waals surface area contributed by atoms with Crippen molar-refractivity contribution < 1.29 is 13.2 Å². The zero-order chi connectivity index (χ0) is 16.3. The fourth-order valence-electron chi connectivity index (χ4n) is 3.56. The first-order valence-corrected chi connectivity index (χ1v) is 9.00. The highest BCUT2D eigenvalue weighted by Gasteiger charge is 2.62. The summed E-state index contributed by atoms with van der Waals surface area (Å²) in [7, 11) is -2.03. The second-order valence-electron chi connectivity index (χ2n) is 6.62. The monoisotopic (exact) mass is 334 g/mol. The largest absolute Gasteiger partial charge is 0.373 e. The predicted octanol–water partition coefficient (Wildman–Crippen LogP) is 1.33. The molecule has 23 heavy (non-hydrogen) atoms. The molecule has 1 spiro atoms. The number of pyridine rings is 1. The van der Waals surface area contributed by atoms with Crippen LogP contribution in [0.1, 0.15) is 31.2 Å². The van der Waals surface area contributed by atoms with Gasteiger partial charge in [0.2, 0.25) is 10.0 Å². The highest BCUT2D eigenvalue weighted by molar-refractivity contribution is 7.89. The average Bonchev–Trinajstić information content (AvgIpc) is 3.09. The molecule has 2 heterocycles. The van der Waals surface area contributed by atoms with Gasteiger partial charge >= 0.3 is 0 Å². The molecule has 0 radical (unpaired) electrons. The Morgan fingerprint density at radius 1 is 1.35 bits per heavy atom. The molecule has 0 bridgehead atoms. The number of hydrogen-bond donors (Lipinski definition) is 1. The number of sulfonamides is 1. The smallest absolute Gasteiger partial charge is 0.241 e. The van der Waals surface area contributed by atoms with Crippen LogP contribution in [0.25, 0.3) is 5.82 Å². The summed E-state index contributed by atoms with van der Waals surface area (Å²) in [4.78, 5) is 4.24. The van der Waals surface area contributed by atoms with Crippen LogP contribution in [-0.4, -0.2) is 30.3 Å². The molecule has 2 fully saturated rings. The first kappa shape index (κ1) is 14.8. The van der Waals surface area contributed by atoms with Gasteiger partial charge in [-0.05, 0) is 48.8 Å². The van der Waals surface area contributed by atoms with E-state index in [0.717, 1.165) is 18.4 Å². The maximum atomic E-state index is 11.4. The maximum Gasteiger partial charge on any atom is 0.241 e. The molecule has 7 nitrogen and oxygen atoms in total. The Kier molecular flexibility index (Phi) is 2.97. The lowest BCUT2D eigenvalue weighted by Crippen LogP contribution is -2.44. The number of ether oxygens (including phenoxy) is 1. The van der Waals surface area contributed by atoms with Gasteiger partial charge in [-0.3, -0.25) is 0 Å². The lowest BCUT2D eigenvalue weighted by molar-refractivity contribution is -0.122. The quantitative estimate of drug-likeness (QED) is 0.909. The highest BCUT2D eigenvalue weighted by Crippen LogP contribution is 2.69. The lowest BCUT2D eigenvalue weighted by Gasteiger charge is -2.48. The van der Waals surface area contributed by atoms with E-state index in [0.29, 0.717) is 11.2 Å². The van der Waals surface area contributed by atoms with Gasteiger partial charge in [0, 0.05) is 13.3 Å².